The topological polar surface area (TPSA) is 55.8 Å². The van der Waals surface area contributed by atoms with E-state index in [0.29, 0.717) is 20.9 Å². The van der Waals surface area contributed by atoms with Crippen LogP contribution in [0.4, 0.5) is 0 Å². The van der Waals surface area contributed by atoms with E-state index in [4.69, 9.17) is 32.7 Å². The van der Waals surface area contributed by atoms with Crippen molar-refractivity contribution in [3.63, 3.8) is 0 Å². The molecule has 8 heteroatoms. The van der Waals surface area contributed by atoms with Crippen molar-refractivity contribution in [2.45, 2.75) is 45.2 Å². The second-order valence-electron chi connectivity index (χ2n) is 6.71. The molecule has 146 valence electrons. The summed E-state index contributed by atoms with van der Waals surface area (Å²) < 4.78 is 11.1. The lowest BCUT2D eigenvalue weighted by atomic mass is 9.97. The monoisotopic (exact) mass is 429 g/mol. The summed E-state index contributed by atoms with van der Waals surface area (Å²) in [6, 6.07) is 3.75. The molecule has 1 amide bonds. The summed E-state index contributed by atoms with van der Waals surface area (Å²) in [6.45, 7) is 3.75. The standard InChI is InChI=1S/C19H21Cl2NO4S/c1-10-5-4-6-11(2)22(10)14(23)9-26-19(24)18-15(20)12-7-8-13(25-3)16(21)17(12)27-18/h7-8,10-11H,4-6,9H2,1-3H3/t10-,11+. The first kappa shape index (κ1) is 20.2. The van der Waals surface area contributed by atoms with Crippen LogP contribution in [0, 0.1) is 0 Å². The van der Waals surface area contributed by atoms with Gasteiger partial charge in [0.15, 0.2) is 6.61 Å². The lowest BCUT2D eigenvalue weighted by Crippen LogP contribution is -2.49. The first-order valence-electron chi connectivity index (χ1n) is 8.78. The summed E-state index contributed by atoms with van der Waals surface area (Å²) in [5.74, 6) is -0.299. The number of benzene rings is 1. The van der Waals surface area contributed by atoms with Crippen LogP contribution in [0.15, 0.2) is 12.1 Å². The first-order chi connectivity index (χ1) is 12.8. The van der Waals surface area contributed by atoms with Gasteiger partial charge >= 0.3 is 5.97 Å². The third kappa shape index (κ3) is 3.89. The minimum Gasteiger partial charge on any atom is -0.495 e. The largest absolute Gasteiger partial charge is 0.495 e. The lowest BCUT2D eigenvalue weighted by molar-refractivity contribution is -0.140. The van der Waals surface area contributed by atoms with Gasteiger partial charge in [-0.05, 0) is 45.2 Å². The number of nitrogens with zero attached hydrogens (tertiary/aromatic N) is 1. The fourth-order valence-corrected chi connectivity index (χ4v) is 5.33. The van der Waals surface area contributed by atoms with Gasteiger partial charge in [0.1, 0.15) is 15.6 Å². The lowest BCUT2D eigenvalue weighted by Gasteiger charge is -2.38. The van der Waals surface area contributed by atoms with Crippen molar-refractivity contribution in [3.8, 4) is 5.75 Å². The molecule has 1 aliphatic heterocycles. The van der Waals surface area contributed by atoms with Gasteiger partial charge in [0, 0.05) is 17.5 Å². The number of piperidine rings is 1. The third-order valence-electron chi connectivity index (χ3n) is 4.92. The van der Waals surface area contributed by atoms with E-state index in [1.165, 1.54) is 7.11 Å². The number of hydrogen-bond donors (Lipinski definition) is 0. The molecule has 2 heterocycles. The van der Waals surface area contributed by atoms with E-state index in [1.54, 1.807) is 12.1 Å². The fourth-order valence-electron chi connectivity index (χ4n) is 3.55. The fraction of sp³-hybridized carbons (Fsp3) is 0.474. The Morgan fingerprint density at radius 1 is 1.19 bits per heavy atom. The molecule has 1 saturated heterocycles. The molecule has 2 atom stereocenters. The molecule has 1 fully saturated rings. The zero-order valence-corrected chi connectivity index (χ0v) is 17.7. The maximum absolute atomic E-state index is 12.5. The normalized spacial score (nSPS) is 20.0. The number of amides is 1. The van der Waals surface area contributed by atoms with Crippen LogP contribution in [0.1, 0.15) is 42.8 Å². The summed E-state index contributed by atoms with van der Waals surface area (Å²) in [6.07, 6.45) is 3.03. The van der Waals surface area contributed by atoms with E-state index in [-0.39, 0.29) is 34.5 Å². The molecule has 3 rings (SSSR count). The quantitative estimate of drug-likeness (QED) is 0.629. The number of carbonyl (C=O) groups is 2. The van der Waals surface area contributed by atoms with Crippen molar-refractivity contribution >= 4 is 56.5 Å². The highest BCUT2D eigenvalue weighted by molar-refractivity contribution is 7.22. The van der Waals surface area contributed by atoms with Crippen LogP contribution in [-0.2, 0) is 9.53 Å². The van der Waals surface area contributed by atoms with E-state index >= 15 is 0 Å². The van der Waals surface area contributed by atoms with Crippen LogP contribution in [0.5, 0.6) is 5.75 Å². The molecule has 0 bridgehead atoms. The molecule has 0 unspecified atom stereocenters. The zero-order chi connectivity index (χ0) is 19.7. The summed E-state index contributed by atoms with van der Waals surface area (Å²) >= 11 is 13.8. The number of esters is 1. The third-order valence-corrected chi connectivity index (χ3v) is 7.11. The molecular weight excluding hydrogens is 409 g/mol. The second kappa shape index (κ2) is 8.25. The van der Waals surface area contributed by atoms with Crippen molar-refractivity contribution in [2.24, 2.45) is 0 Å². The molecular formula is C19H21Cl2NO4S. The van der Waals surface area contributed by atoms with Crippen LogP contribution < -0.4 is 4.74 Å². The number of likely N-dealkylation sites (tertiary alicyclic amines) is 1. The Hall–Kier alpha value is -1.50. The van der Waals surface area contributed by atoms with Gasteiger partial charge in [-0.1, -0.05) is 23.2 Å². The smallest absolute Gasteiger partial charge is 0.350 e. The maximum atomic E-state index is 12.5. The van der Waals surface area contributed by atoms with E-state index in [1.807, 2.05) is 18.7 Å². The number of hydrogen-bond acceptors (Lipinski definition) is 5. The summed E-state index contributed by atoms with van der Waals surface area (Å²) in [4.78, 5) is 27.1. The van der Waals surface area contributed by atoms with Crippen LogP contribution in [0.2, 0.25) is 10.0 Å². The Labute approximate surface area is 172 Å². The van der Waals surface area contributed by atoms with E-state index in [2.05, 4.69) is 0 Å². The highest BCUT2D eigenvalue weighted by Crippen LogP contribution is 2.43. The van der Waals surface area contributed by atoms with Crippen LogP contribution in [-0.4, -0.2) is 42.6 Å². The second-order valence-corrected chi connectivity index (χ2v) is 8.49. The number of thiophene rings is 1. The Morgan fingerprint density at radius 3 is 2.48 bits per heavy atom. The number of fused-ring (bicyclic) bond motifs is 1. The highest BCUT2D eigenvalue weighted by Gasteiger charge is 2.30. The zero-order valence-electron chi connectivity index (χ0n) is 15.4. The summed E-state index contributed by atoms with van der Waals surface area (Å²) in [7, 11) is 1.52. The Morgan fingerprint density at radius 2 is 1.85 bits per heavy atom. The molecule has 0 aliphatic carbocycles. The molecule has 0 saturated carbocycles. The Kier molecular flexibility index (Phi) is 6.18. The predicted octanol–water partition coefficient (Wildman–Crippen LogP) is 5.16. The molecule has 1 aliphatic rings. The Balaban J connectivity index is 1.75. The van der Waals surface area contributed by atoms with Crippen LogP contribution in [0.3, 0.4) is 0 Å². The van der Waals surface area contributed by atoms with Gasteiger partial charge in [-0.15, -0.1) is 11.3 Å². The average Bonchev–Trinajstić information content (AvgIpc) is 2.98. The molecule has 0 spiro atoms. The van der Waals surface area contributed by atoms with Crippen molar-refractivity contribution in [1.82, 2.24) is 4.90 Å². The SMILES string of the molecule is COc1ccc2c(Cl)c(C(=O)OCC(=O)N3[C@H](C)CCC[C@@H]3C)sc2c1Cl. The van der Waals surface area contributed by atoms with Crippen molar-refractivity contribution in [3.05, 3.63) is 27.1 Å². The minimum atomic E-state index is -0.623. The van der Waals surface area contributed by atoms with Gasteiger partial charge in [-0.3, -0.25) is 4.79 Å². The van der Waals surface area contributed by atoms with Gasteiger partial charge in [0.2, 0.25) is 0 Å². The maximum Gasteiger partial charge on any atom is 0.350 e. The molecule has 1 aromatic carbocycles. The molecule has 0 N–H and O–H groups in total. The van der Waals surface area contributed by atoms with Crippen LogP contribution >= 0.6 is 34.5 Å². The molecule has 5 nitrogen and oxygen atoms in total. The van der Waals surface area contributed by atoms with Gasteiger partial charge < -0.3 is 14.4 Å². The highest BCUT2D eigenvalue weighted by atomic mass is 35.5. The van der Waals surface area contributed by atoms with Gasteiger partial charge in [-0.25, -0.2) is 4.79 Å². The molecule has 27 heavy (non-hydrogen) atoms. The number of ether oxygens (including phenoxy) is 2. The van der Waals surface area contributed by atoms with E-state index in [0.717, 1.165) is 30.6 Å². The number of carbonyl (C=O) groups excluding carboxylic acids is 2. The molecule has 0 radical (unpaired) electrons. The molecule has 2 aromatic rings. The number of halogens is 2. The van der Waals surface area contributed by atoms with Gasteiger partial charge in [-0.2, -0.15) is 0 Å². The van der Waals surface area contributed by atoms with E-state index < -0.39 is 5.97 Å². The van der Waals surface area contributed by atoms with Gasteiger partial charge in [0.05, 0.1) is 16.8 Å². The summed E-state index contributed by atoms with van der Waals surface area (Å²) in [5, 5.41) is 1.33. The number of rotatable bonds is 4. The molecule has 1 aromatic heterocycles. The first-order valence-corrected chi connectivity index (χ1v) is 10.3. The van der Waals surface area contributed by atoms with Gasteiger partial charge in [0.25, 0.3) is 5.91 Å². The number of methoxy groups -OCH3 is 1. The van der Waals surface area contributed by atoms with Crippen molar-refractivity contribution in [2.75, 3.05) is 13.7 Å². The average molecular weight is 430 g/mol. The van der Waals surface area contributed by atoms with Crippen molar-refractivity contribution < 1.29 is 19.1 Å². The van der Waals surface area contributed by atoms with Crippen molar-refractivity contribution in [1.29, 1.82) is 0 Å². The predicted molar refractivity (Wildman–Crippen MR) is 108 cm³/mol. The Bertz CT molecular complexity index is 872. The van der Waals surface area contributed by atoms with Crippen LogP contribution in [0.25, 0.3) is 10.1 Å². The minimum absolute atomic E-state index is 0.152. The summed E-state index contributed by atoms with van der Waals surface area (Å²) in [5.41, 5.74) is 0. The van der Waals surface area contributed by atoms with E-state index in [9.17, 15) is 9.59 Å².